The minimum atomic E-state index is -0.911. The monoisotopic (exact) mass is 295 g/mol. The Morgan fingerprint density at radius 3 is 2.71 bits per heavy atom. The normalized spacial score (nSPS) is 18.3. The molecule has 2 rings (SSSR count). The van der Waals surface area contributed by atoms with Gasteiger partial charge in [-0.05, 0) is 31.5 Å². The molecule has 1 aromatic carbocycles. The molecule has 4 nitrogen and oxygen atoms in total. The first-order valence-corrected chi connectivity index (χ1v) is 7.18. The number of hydrogen-bond acceptors (Lipinski definition) is 3. The zero-order valence-corrected chi connectivity index (χ0v) is 12.5. The van der Waals surface area contributed by atoms with Gasteiger partial charge in [0.15, 0.2) is 0 Å². The first-order valence-electron chi connectivity index (χ1n) is 7.18. The number of benzene rings is 1. The Hall–Kier alpha value is -1.46. The van der Waals surface area contributed by atoms with Gasteiger partial charge in [-0.1, -0.05) is 12.1 Å². The number of carbonyl (C=O) groups excluding carboxylic acids is 1. The van der Waals surface area contributed by atoms with Crippen LogP contribution in [0.4, 0.5) is 4.39 Å². The number of nitrogens with one attached hydrogen (secondary N) is 1. The summed E-state index contributed by atoms with van der Waals surface area (Å²) in [5.74, 6) is -0.593. The number of amides is 1. The second-order valence-corrected chi connectivity index (χ2v) is 6.15. The van der Waals surface area contributed by atoms with Crippen molar-refractivity contribution in [3.63, 3.8) is 0 Å². The van der Waals surface area contributed by atoms with Crippen molar-refractivity contribution >= 4 is 5.91 Å². The molecule has 0 unspecified atom stereocenters. The third-order valence-electron chi connectivity index (χ3n) is 4.12. The molecule has 0 aromatic heterocycles. The fourth-order valence-electron chi connectivity index (χ4n) is 2.40. The SMILES string of the molecule is CC(C)(C(=O)NCC1(O)CCOCC1)c1cccc(F)c1. The Bertz CT molecular complexity index is 510. The van der Waals surface area contributed by atoms with E-state index in [2.05, 4.69) is 5.32 Å². The van der Waals surface area contributed by atoms with Gasteiger partial charge in [0.05, 0.1) is 11.0 Å². The fourth-order valence-corrected chi connectivity index (χ4v) is 2.40. The van der Waals surface area contributed by atoms with Gasteiger partial charge < -0.3 is 15.2 Å². The standard InChI is InChI=1S/C16H22FNO3/c1-15(2,12-4-3-5-13(17)10-12)14(19)18-11-16(20)6-8-21-9-7-16/h3-5,10,20H,6-9,11H2,1-2H3,(H,18,19). The van der Waals surface area contributed by atoms with E-state index in [1.807, 2.05) is 0 Å². The van der Waals surface area contributed by atoms with Crippen molar-refractivity contribution in [2.45, 2.75) is 37.7 Å². The highest BCUT2D eigenvalue weighted by molar-refractivity contribution is 5.87. The number of ether oxygens (including phenoxy) is 1. The molecule has 2 N–H and O–H groups in total. The summed E-state index contributed by atoms with van der Waals surface area (Å²) < 4.78 is 18.5. The smallest absolute Gasteiger partial charge is 0.230 e. The number of rotatable bonds is 4. The van der Waals surface area contributed by atoms with Crippen LogP contribution in [0.15, 0.2) is 24.3 Å². The van der Waals surface area contributed by atoms with Gasteiger partial charge >= 0.3 is 0 Å². The zero-order valence-electron chi connectivity index (χ0n) is 12.5. The molecule has 1 amide bonds. The largest absolute Gasteiger partial charge is 0.388 e. The van der Waals surface area contributed by atoms with Gasteiger partial charge in [0, 0.05) is 32.6 Å². The van der Waals surface area contributed by atoms with Crippen LogP contribution in [0, 0.1) is 5.82 Å². The molecule has 0 atom stereocenters. The molecule has 116 valence electrons. The molecule has 0 spiro atoms. The van der Waals surface area contributed by atoms with Crippen LogP contribution in [0.5, 0.6) is 0 Å². The summed E-state index contributed by atoms with van der Waals surface area (Å²) in [7, 11) is 0. The summed E-state index contributed by atoms with van der Waals surface area (Å²) in [6.45, 7) is 4.67. The molecule has 1 fully saturated rings. The van der Waals surface area contributed by atoms with E-state index >= 15 is 0 Å². The summed E-state index contributed by atoms with van der Waals surface area (Å²) in [4.78, 5) is 12.4. The van der Waals surface area contributed by atoms with E-state index in [9.17, 15) is 14.3 Å². The van der Waals surface area contributed by atoms with Crippen LogP contribution in [0.2, 0.25) is 0 Å². The second-order valence-electron chi connectivity index (χ2n) is 6.15. The first-order chi connectivity index (χ1) is 9.83. The van der Waals surface area contributed by atoms with Crippen molar-refractivity contribution in [3.05, 3.63) is 35.6 Å². The lowest BCUT2D eigenvalue weighted by molar-refractivity contribution is -0.128. The van der Waals surface area contributed by atoms with E-state index in [-0.39, 0.29) is 18.3 Å². The third-order valence-corrected chi connectivity index (χ3v) is 4.12. The molecule has 0 aliphatic carbocycles. The highest BCUT2D eigenvalue weighted by Gasteiger charge is 2.34. The maximum atomic E-state index is 13.3. The summed E-state index contributed by atoms with van der Waals surface area (Å²) in [5, 5.41) is 13.1. The summed E-state index contributed by atoms with van der Waals surface area (Å²) in [6.07, 6.45) is 1.02. The summed E-state index contributed by atoms with van der Waals surface area (Å²) in [5.41, 5.74) is -1.16. The maximum absolute atomic E-state index is 13.3. The van der Waals surface area contributed by atoms with Crippen molar-refractivity contribution in [1.29, 1.82) is 0 Å². The molecule has 1 aliphatic heterocycles. The molecule has 1 heterocycles. The van der Waals surface area contributed by atoms with Gasteiger partial charge in [-0.3, -0.25) is 4.79 Å². The van der Waals surface area contributed by atoms with E-state index in [1.54, 1.807) is 26.0 Å². The molecule has 0 saturated carbocycles. The van der Waals surface area contributed by atoms with E-state index in [1.165, 1.54) is 12.1 Å². The molecule has 0 bridgehead atoms. The van der Waals surface area contributed by atoms with Crippen molar-refractivity contribution in [3.8, 4) is 0 Å². The van der Waals surface area contributed by atoms with Crippen molar-refractivity contribution in [1.82, 2.24) is 5.32 Å². The van der Waals surface area contributed by atoms with Crippen LogP contribution in [-0.4, -0.2) is 36.4 Å². The number of aliphatic hydroxyl groups is 1. The van der Waals surface area contributed by atoms with E-state index < -0.39 is 11.0 Å². The van der Waals surface area contributed by atoms with Gasteiger partial charge in [-0.15, -0.1) is 0 Å². The highest BCUT2D eigenvalue weighted by Crippen LogP contribution is 2.25. The lowest BCUT2D eigenvalue weighted by Gasteiger charge is -2.33. The summed E-state index contributed by atoms with van der Waals surface area (Å²) >= 11 is 0. The van der Waals surface area contributed by atoms with Crippen LogP contribution in [0.3, 0.4) is 0 Å². The lowest BCUT2D eigenvalue weighted by Crippen LogP contribution is -2.50. The highest BCUT2D eigenvalue weighted by atomic mass is 19.1. The molecule has 0 radical (unpaired) electrons. The predicted octanol–water partition coefficient (Wildman–Crippen LogP) is 1.76. The molecule has 1 aromatic rings. The van der Waals surface area contributed by atoms with Crippen LogP contribution in [0.1, 0.15) is 32.3 Å². The van der Waals surface area contributed by atoms with E-state index in [4.69, 9.17) is 4.74 Å². The molecular formula is C16H22FNO3. The van der Waals surface area contributed by atoms with Crippen LogP contribution in [-0.2, 0) is 14.9 Å². The Morgan fingerprint density at radius 1 is 1.43 bits per heavy atom. The van der Waals surface area contributed by atoms with Crippen LogP contribution >= 0.6 is 0 Å². The molecule has 5 heteroatoms. The van der Waals surface area contributed by atoms with Crippen molar-refractivity contribution in [2.75, 3.05) is 19.8 Å². The predicted molar refractivity (Wildman–Crippen MR) is 77.4 cm³/mol. The average molecular weight is 295 g/mol. The van der Waals surface area contributed by atoms with Gasteiger partial charge in [0.2, 0.25) is 5.91 Å². The minimum absolute atomic E-state index is 0.188. The van der Waals surface area contributed by atoms with Crippen molar-refractivity contribution < 1.29 is 19.0 Å². The topological polar surface area (TPSA) is 58.6 Å². The van der Waals surface area contributed by atoms with Crippen molar-refractivity contribution in [2.24, 2.45) is 0 Å². The molecule has 1 aliphatic rings. The Balaban J connectivity index is 2.01. The van der Waals surface area contributed by atoms with E-state index in [0.29, 0.717) is 31.6 Å². The maximum Gasteiger partial charge on any atom is 0.230 e. The molecular weight excluding hydrogens is 273 g/mol. The van der Waals surface area contributed by atoms with Gasteiger partial charge in [-0.2, -0.15) is 0 Å². The van der Waals surface area contributed by atoms with Gasteiger partial charge in [0.1, 0.15) is 5.82 Å². The van der Waals surface area contributed by atoms with E-state index in [0.717, 1.165) is 0 Å². The fraction of sp³-hybridized carbons (Fsp3) is 0.562. The Kier molecular flexibility index (Phi) is 4.64. The molecule has 1 saturated heterocycles. The number of carbonyl (C=O) groups is 1. The van der Waals surface area contributed by atoms with Gasteiger partial charge in [0.25, 0.3) is 0 Å². The van der Waals surface area contributed by atoms with Gasteiger partial charge in [-0.25, -0.2) is 4.39 Å². The average Bonchev–Trinajstić information content (AvgIpc) is 2.45. The Morgan fingerprint density at radius 2 is 2.10 bits per heavy atom. The van der Waals surface area contributed by atoms with Crippen LogP contribution < -0.4 is 5.32 Å². The third kappa shape index (κ3) is 3.80. The number of hydrogen-bond donors (Lipinski definition) is 2. The quantitative estimate of drug-likeness (QED) is 0.890. The number of halogens is 1. The zero-order chi connectivity index (χ0) is 15.5. The van der Waals surface area contributed by atoms with Crippen LogP contribution in [0.25, 0.3) is 0 Å². The lowest BCUT2D eigenvalue weighted by atomic mass is 9.83. The minimum Gasteiger partial charge on any atom is -0.388 e. The first kappa shape index (κ1) is 15.9. The summed E-state index contributed by atoms with van der Waals surface area (Å²) in [6, 6.07) is 6.03. The Labute approximate surface area is 124 Å². The second kappa shape index (κ2) is 6.12. The molecule has 21 heavy (non-hydrogen) atoms.